The number of rotatable bonds is 5. The molecule has 5 nitrogen and oxygen atoms in total. The Labute approximate surface area is 167 Å². The van der Waals surface area contributed by atoms with Crippen molar-refractivity contribution in [1.82, 2.24) is 9.47 Å². The number of carbonyl (C=O) groups is 1. The van der Waals surface area contributed by atoms with E-state index in [0.717, 1.165) is 53.9 Å². The highest BCUT2D eigenvalue weighted by molar-refractivity contribution is 9.10. The lowest BCUT2D eigenvalue weighted by Crippen LogP contribution is -2.35. The summed E-state index contributed by atoms with van der Waals surface area (Å²) in [7, 11) is 0. The van der Waals surface area contributed by atoms with E-state index in [1.165, 1.54) is 5.56 Å². The molecule has 1 aliphatic heterocycles. The Morgan fingerprint density at radius 1 is 1.07 bits per heavy atom. The first-order valence-corrected chi connectivity index (χ1v) is 9.90. The van der Waals surface area contributed by atoms with Gasteiger partial charge in [-0.05, 0) is 42.0 Å². The third kappa shape index (κ3) is 4.58. The monoisotopic (exact) mass is 427 g/mol. The molecule has 0 unspecified atom stereocenters. The van der Waals surface area contributed by atoms with E-state index >= 15 is 0 Å². The van der Waals surface area contributed by atoms with Gasteiger partial charge in [-0.1, -0.05) is 28.1 Å². The van der Waals surface area contributed by atoms with E-state index in [1.807, 2.05) is 41.1 Å². The van der Waals surface area contributed by atoms with Crippen molar-refractivity contribution in [2.45, 2.75) is 13.1 Å². The molecule has 1 amide bonds. The van der Waals surface area contributed by atoms with E-state index < -0.39 is 0 Å². The number of fused-ring (bicyclic) bond motifs is 1. The summed E-state index contributed by atoms with van der Waals surface area (Å²) in [6, 6.07) is 16.2. The molecule has 140 valence electrons. The van der Waals surface area contributed by atoms with Crippen molar-refractivity contribution in [2.75, 3.05) is 31.6 Å². The molecule has 27 heavy (non-hydrogen) atoms. The van der Waals surface area contributed by atoms with Crippen molar-refractivity contribution in [1.29, 1.82) is 0 Å². The molecular weight excluding hydrogens is 406 g/mol. The summed E-state index contributed by atoms with van der Waals surface area (Å²) in [5.74, 6) is -0.0312. The van der Waals surface area contributed by atoms with Crippen LogP contribution < -0.4 is 5.32 Å². The smallest absolute Gasteiger partial charge is 0.244 e. The van der Waals surface area contributed by atoms with E-state index in [0.29, 0.717) is 6.54 Å². The van der Waals surface area contributed by atoms with Gasteiger partial charge >= 0.3 is 0 Å². The molecule has 0 bridgehead atoms. The van der Waals surface area contributed by atoms with Gasteiger partial charge < -0.3 is 14.6 Å². The zero-order valence-electron chi connectivity index (χ0n) is 15.0. The topological polar surface area (TPSA) is 46.5 Å². The average Bonchev–Trinajstić information content (AvgIpc) is 3.06. The Morgan fingerprint density at radius 3 is 2.63 bits per heavy atom. The number of morpholine rings is 1. The molecular formula is C21H22BrN3O2. The Kier molecular flexibility index (Phi) is 5.57. The largest absolute Gasteiger partial charge is 0.379 e. The number of anilines is 1. The summed E-state index contributed by atoms with van der Waals surface area (Å²) in [5.41, 5.74) is 3.12. The number of hydrogen-bond donors (Lipinski definition) is 1. The van der Waals surface area contributed by atoms with E-state index in [9.17, 15) is 4.79 Å². The summed E-state index contributed by atoms with van der Waals surface area (Å²) < 4.78 is 8.38. The van der Waals surface area contributed by atoms with Crippen LogP contribution >= 0.6 is 15.9 Å². The van der Waals surface area contributed by atoms with Gasteiger partial charge in [0.25, 0.3) is 0 Å². The highest BCUT2D eigenvalue weighted by Gasteiger charge is 2.11. The minimum absolute atomic E-state index is 0.0312. The SMILES string of the molecule is O=C(Cn1ccc2cc(Br)ccc21)Nc1ccc(CN2CCOCC2)cc1. The van der Waals surface area contributed by atoms with Gasteiger partial charge in [0.05, 0.1) is 13.2 Å². The predicted molar refractivity (Wildman–Crippen MR) is 111 cm³/mol. The van der Waals surface area contributed by atoms with E-state index in [2.05, 4.69) is 44.3 Å². The van der Waals surface area contributed by atoms with Crippen molar-refractivity contribution in [3.8, 4) is 0 Å². The van der Waals surface area contributed by atoms with Crippen molar-refractivity contribution >= 4 is 38.4 Å². The molecule has 0 saturated carbocycles. The van der Waals surface area contributed by atoms with Crippen LogP contribution in [-0.2, 0) is 22.6 Å². The second-order valence-corrected chi connectivity index (χ2v) is 7.70. The van der Waals surface area contributed by atoms with Crippen LogP contribution in [0.2, 0.25) is 0 Å². The molecule has 1 fully saturated rings. The summed E-state index contributed by atoms with van der Waals surface area (Å²) in [5, 5.41) is 4.10. The maximum atomic E-state index is 12.4. The molecule has 1 N–H and O–H groups in total. The quantitative estimate of drug-likeness (QED) is 0.671. The molecule has 2 aromatic carbocycles. The third-order valence-corrected chi connectivity index (χ3v) is 5.29. The number of ether oxygens (including phenoxy) is 1. The fourth-order valence-electron chi connectivity index (χ4n) is 3.38. The number of carbonyl (C=O) groups excluding carboxylic acids is 1. The predicted octanol–water partition coefficient (Wildman–Crippen LogP) is 3.87. The molecule has 2 heterocycles. The molecule has 3 aromatic rings. The fourth-order valence-corrected chi connectivity index (χ4v) is 3.75. The van der Waals surface area contributed by atoms with Crippen LogP contribution in [0.15, 0.2) is 59.2 Å². The highest BCUT2D eigenvalue weighted by Crippen LogP contribution is 2.21. The van der Waals surface area contributed by atoms with E-state index in [1.54, 1.807) is 0 Å². The van der Waals surface area contributed by atoms with Crippen LogP contribution in [0.3, 0.4) is 0 Å². The van der Waals surface area contributed by atoms with Gasteiger partial charge in [0, 0.05) is 46.9 Å². The van der Waals surface area contributed by atoms with Crippen LogP contribution in [0.4, 0.5) is 5.69 Å². The first kappa shape index (κ1) is 18.2. The lowest BCUT2D eigenvalue weighted by atomic mass is 10.2. The average molecular weight is 428 g/mol. The number of benzene rings is 2. The first-order valence-electron chi connectivity index (χ1n) is 9.11. The number of aromatic nitrogens is 1. The number of nitrogens with one attached hydrogen (secondary N) is 1. The minimum Gasteiger partial charge on any atom is -0.379 e. The Hall–Kier alpha value is -2.15. The van der Waals surface area contributed by atoms with E-state index in [-0.39, 0.29) is 5.91 Å². The molecule has 6 heteroatoms. The van der Waals surface area contributed by atoms with Gasteiger partial charge in [0.2, 0.25) is 5.91 Å². The highest BCUT2D eigenvalue weighted by atomic mass is 79.9. The van der Waals surface area contributed by atoms with Gasteiger partial charge in [0.1, 0.15) is 6.54 Å². The normalized spacial score (nSPS) is 15.1. The van der Waals surface area contributed by atoms with Crippen molar-refractivity contribution in [2.24, 2.45) is 0 Å². The standard InChI is InChI=1S/C21H22BrN3O2/c22-18-3-6-20-17(13-18)7-8-25(20)15-21(26)23-19-4-1-16(2-5-19)14-24-9-11-27-12-10-24/h1-8,13H,9-12,14-15H2,(H,23,26). The van der Waals surface area contributed by atoms with Gasteiger partial charge in [-0.15, -0.1) is 0 Å². The molecule has 0 atom stereocenters. The summed E-state index contributed by atoms with van der Waals surface area (Å²) in [4.78, 5) is 14.8. The molecule has 4 rings (SSSR count). The number of hydrogen-bond acceptors (Lipinski definition) is 3. The zero-order valence-corrected chi connectivity index (χ0v) is 16.6. The summed E-state index contributed by atoms with van der Waals surface area (Å²) in [6.07, 6.45) is 1.95. The lowest BCUT2D eigenvalue weighted by molar-refractivity contribution is -0.116. The Bertz CT molecular complexity index is 930. The Morgan fingerprint density at radius 2 is 1.85 bits per heavy atom. The number of nitrogens with zero attached hydrogens (tertiary/aromatic N) is 2. The third-order valence-electron chi connectivity index (χ3n) is 4.79. The molecule has 1 saturated heterocycles. The summed E-state index contributed by atoms with van der Waals surface area (Å²) >= 11 is 3.48. The van der Waals surface area contributed by atoms with Gasteiger partial charge in [-0.2, -0.15) is 0 Å². The van der Waals surface area contributed by atoms with Gasteiger partial charge in [-0.25, -0.2) is 0 Å². The van der Waals surface area contributed by atoms with Gasteiger partial charge in [-0.3, -0.25) is 9.69 Å². The second kappa shape index (κ2) is 8.25. The molecule has 0 spiro atoms. The lowest BCUT2D eigenvalue weighted by Gasteiger charge is -2.26. The number of amides is 1. The van der Waals surface area contributed by atoms with Crippen molar-refractivity contribution in [3.63, 3.8) is 0 Å². The van der Waals surface area contributed by atoms with E-state index in [4.69, 9.17) is 4.74 Å². The molecule has 0 aliphatic carbocycles. The van der Waals surface area contributed by atoms with Crippen molar-refractivity contribution < 1.29 is 9.53 Å². The maximum Gasteiger partial charge on any atom is 0.244 e. The molecule has 0 radical (unpaired) electrons. The molecule has 1 aliphatic rings. The molecule has 1 aromatic heterocycles. The zero-order chi connectivity index (χ0) is 18.6. The van der Waals surface area contributed by atoms with Crippen molar-refractivity contribution in [3.05, 3.63) is 64.8 Å². The van der Waals surface area contributed by atoms with Crippen LogP contribution in [0.1, 0.15) is 5.56 Å². The first-order chi connectivity index (χ1) is 13.2. The Balaban J connectivity index is 1.36. The van der Waals surface area contributed by atoms with Crippen LogP contribution in [0, 0.1) is 0 Å². The maximum absolute atomic E-state index is 12.4. The fraction of sp³-hybridized carbons (Fsp3) is 0.286. The van der Waals surface area contributed by atoms with Crippen LogP contribution in [0.25, 0.3) is 10.9 Å². The summed E-state index contributed by atoms with van der Waals surface area (Å²) in [6.45, 7) is 4.77. The van der Waals surface area contributed by atoms with Gasteiger partial charge in [0.15, 0.2) is 0 Å². The van der Waals surface area contributed by atoms with Crippen LogP contribution in [-0.4, -0.2) is 41.7 Å². The minimum atomic E-state index is -0.0312. The van der Waals surface area contributed by atoms with Crippen LogP contribution in [0.5, 0.6) is 0 Å². The number of halogens is 1. The second-order valence-electron chi connectivity index (χ2n) is 6.78.